The maximum absolute atomic E-state index is 5.63. The van der Waals surface area contributed by atoms with E-state index in [1.165, 1.54) is 0 Å². The molecule has 1 rings (SSSR count). The van der Waals surface area contributed by atoms with E-state index in [9.17, 15) is 0 Å². The fourth-order valence-electron chi connectivity index (χ4n) is 1.63. The van der Waals surface area contributed by atoms with E-state index in [0.717, 1.165) is 37.8 Å². The molecule has 2 N–H and O–H groups in total. The normalized spacial score (nSPS) is 11.5. The molecule has 0 atom stereocenters. The second-order valence-corrected chi connectivity index (χ2v) is 5.03. The lowest BCUT2D eigenvalue weighted by Crippen LogP contribution is -2.39. The van der Waals surface area contributed by atoms with Crippen LogP contribution in [0, 0.1) is 5.92 Å². The average molecular weight is 277 g/mol. The van der Waals surface area contributed by atoms with Crippen molar-refractivity contribution in [2.24, 2.45) is 10.9 Å². The summed E-state index contributed by atoms with van der Waals surface area (Å²) >= 11 is 0. The third-order valence-electron chi connectivity index (χ3n) is 2.73. The predicted molar refractivity (Wildman–Crippen MR) is 85.4 cm³/mol. The van der Waals surface area contributed by atoms with Gasteiger partial charge >= 0.3 is 0 Å². The number of nitrogens with one attached hydrogen (secondary N) is 2. The third kappa shape index (κ3) is 7.67. The van der Waals surface area contributed by atoms with Gasteiger partial charge in [0.2, 0.25) is 0 Å². The van der Waals surface area contributed by atoms with Crippen LogP contribution in [-0.2, 0) is 0 Å². The summed E-state index contributed by atoms with van der Waals surface area (Å²) in [6.45, 7) is 9.58. The van der Waals surface area contributed by atoms with Crippen LogP contribution in [0.25, 0.3) is 0 Å². The van der Waals surface area contributed by atoms with E-state index in [2.05, 4.69) is 36.4 Å². The number of ether oxygens (including phenoxy) is 1. The summed E-state index contributed by atoms with van der Waals surface area (Å²) in [5.41, 5.74) is 0. The van der Waals surface area contributed by atoms with Crippen LogP contribution in [0.4, 0.5) is 0 Å². The fourth-order valence-corrected chi connectivity index (χ4v) is 1.63. The molecule has 0 spiro atoms. The van der Waals surface area contributed by atoms with Crippen molar-refractivity contribution in [3.63, 3.8) is 0 Å². The predicted octanol–water partition coefficient (Wildman–Crippen LogP) is 2.67. The molecule has 0 aliphatic heterocycles. The minimum Gasteiger partial charge on any atom is -0.492 e. The molecule has 4 nitrogen and oxygen atoms in total. The smallest absolute Gasteiger partial charge is 0.191 e. The highest BCUT2D eigenvalue weighted by atomic mass is 16.5. The van der Waals surface area contributed by atoms with Crippen molar-refractivity contribution in [1.29, 1.82) is 0 Å². The lowest BCUT2D eigenvalue weighted by molar-refractivity contribution is 0.322. The number of benzene rings is 1. The van der Waals surface area contributed by atoms with Crippen molar-refractivity contribution in [1.82, 2.24) is 10.6 Å². The Kier molecular flexibility index (Phi) is 8.27. The lowest BCUT2D eigenvalue weighted by Gasteiger charge is -2.12. The van der Waals surface area contributed by atoms with Gasteiger partial charge in [0.15, 0.2) is 5.96 Å². The van der Waals surface area contributed by atoms with E-state index in [1.807, 2.05) is 30.3 Å². The van der Waals surface area contributed by atoms with Crippen molar-refractivity contribution in [3.8, 4) is 5.75 Å². The fraction of sp³-hybridized carbons (Fsp3) is 0.562. The minimum absolute atomic E-state index is 0.624. The minimum atomic E-state index is 0.624. The van der Waals surface area contributed by atoms with Gasteiger partial charge in [0.25, 0.3) is 0 Å². The number of hydrogen-bond donors (Lipinski definition) is 2. The van der Waals surface area contributed by atoms with Gasteiger partial charge in [-0.1, -0.05) is 32.0 Å². The number of hydrogen-bond acceptors (Lipinski definition) is 2. The molecule has 4 heteroatoms. The summed E-state index contributed by atoms with van der Waals surface area (Å²) < 4.78 is 5.63. The largest absolute Gasteiger partial charge is 0.492 e. The Bertz CT molecular complexity index is 377. The molecule has 1 aromatic carbocycles. The first-order valence-electron chi connectivity index (χ1n) is 7.42. The molecule has 0 aliphatic rings. The number of nitrogens with zero attached hydrogens (tertiary/aromatic N) is 1. The van der Waals surface area contributed by atoms with Crippen molar-refractivity contribution >= 4 is 5.96 Å². The monoisotopic (exact) mass is 277 g/mol. The maximum Gasteiger partial charge on any atom is 0.191 e. The van der Waals surface area contributed by atoms with Crippen molar-refractivity contribution < 1.29 is 4.74 Å². The molecule has 1 aromatic rings. The van der Waals surface area contributed by atoms with Crippen molar-refractivity contribution in [2.75, 3.05) is 26.2 Å². The lowest BCUT2D eigenvalue weighted by atomic mass is 10.1. The van der Waals surface area contributed by atoms with Crippen LogP contribution in [0.5, 0.6) is 5.75 Å². The first-order chi connectivity index (χ1) is 9.72. The highest BCUT2D eigenvalue weighted by molar-refractivity contribution is 5.79. The summed E-state index contributed by atoms with van der Waals surface area (Å²) in [7, 11) is 0. The van der Waals surface area contributed by atoms with E-state index in [-0.39, 0.29) is 0 Å². The SMILES string of the molecule is CCNC(=NCCC(C)C)NCCOc1ccccc1. The molecule has 0 bridgehead atoms. The molecule has 0 fully saturated rings. The van der Waals surface area contributed by atoms with Crippen LogP contribution in [0.1, 0.15) is 27.2 Å². The summed E-state index contributed by atoms with van der Waals surface area (Å²) in [6.07, 6.45) is 1.11. The molecule has 0 aliphatic carbocycles. The van der Waals surface area contributed by atoms with Gasteiger partial charge in [-0.25, -0.2) is 0 Å². The molecular weight excluding hydrogens is 250 g/mol. The van der Waals surface area contributed by atoms with E-state index in [4.69, 9.17) is 4.74 Å². The zero-order valence-corrected chi connectivity index (χ0v) is 12.9. The van der Waals surface area contributed by atoms with Crippen molar-refractivity contribution in [3.05, 3.63) is 30.3 Å². The van der Waals surface area contributed by atoms with Gasteiger partial charge in [-0.2, -0.15) is 0 Å². The highest BCUT2D eigenvalue weighted by Crippen LogP contribution is 2.07. The Morgan fingerprint density at radius 3 is 2.60 bits per heavy atom. The number of guanidine groups is 1. The third-order valence-corrected chi connectivity index (χ3v) is 2.73. The highest BCUT2D eigenvalue weighted by Gasteiger charge is 1.98. The molecule has 0 amide bonds. The van der Waals surface area contributed by atoms with Crippen LogP contribution >= 0.6 is 0 Å². The van der Waals surface area contributed by atoms with Gasteiger partial charge < -0.3 is 15.4 Å². The Balaban J connectivity index is 2.24. The second-order valence-electron chi connectivity index (χ2n) is 5.03. The van der Waals surface area contributed by atoms with Gasteiger partial charge in [-0.15, -0.1) is 0 Å². The van der Waals surface area contributed by atoms with Gasteiger partial charge in [0, 0.05) is 13.1 Å². The number of rotatable bonds is 8. The Hall–Kier alpha value is -1.71. The van der Waals surface area contributed by atoms with Crippen LogP contribution in [0.3, 0.4) is 0 Å². The summed E-state index contributed by atoms with van der Waals surface area (Å²) in [4.78, 5) is 4.54. The molecule has 0 saturated heterocycles. The average Bonchev–Trinajstić information content (AvgIpc) is 2.44. The maximum atomic E-state index is 5.63. The molecule has 0 heterocycles. The molecule has 0 aromatic heterocycles. The zero-order chi connectivity index (χ0) is 14.6. The van der Waals surface area contributed by atoms with Crippen LogP contribution in [-0.4, -0.2) is 32.2 Å². The molecule has 112 valence electrons. The van der Waals surface area contributed by atoms with E-state index in [1.54, 1.807) is 0 Å². The molecule has 20 heavy (non-hydrogen) atoms. The Morgan fingerprint density at radius 1 is 1.20 bits per heavy atom. The van der Waals surface area contributed by atoms with Crippen molar-refractivity contribution in [2.45, 2.75) is 27.2 Å². The zero-order valence-electron chi connectivity index (χ0n) is 12.9. The standard InChI is InChI=1S/C16H27N3O/c1-4-17-16(18-11-10-14(2)3)19-12-13-20-15-8-6-5-7-9-15/h5-9,14H,4,10-13H2,1-3H3,(H2,17,18,19). The summed E-state index contributed by atoms with van der Waals surface area (Å²) in [5, 5.41) is 6.52. The summed E-state index contributed by atoms with van der Waals surface area (Å²) in [5.74, 6) is 2.45. The number of aliphatic imine (C=N–C) groups is 1. The van der Waals surface area contributed by atoms with E-state index < -0.39 is 0 Å². The van der Waals surface area contributed by atoms with E-state index in [0.29, 0.717) is 12.5 Å². The first-order valence-corrected chi connectivity index (χ1v) is 7.42. The van der Waals surface area contributed by atoms with Gasteiger partial charge in [-0.05, 0) is 31.4 Å². The first kappa shape index (κ1) is 16.3. The Labute approximate surface area is 122 Å². The molecule has 0 unspecified atom stereocenters. The quantitative estimate of drug-likeness (QED) is 0.436. The van der Waals surface area contributed by atoms with E-state index >= 15 is 0 Å². The molecule has 0 saturated carbocycles. The summed E-state index contributed by atoms with van der Waals surface area (Å²) in [6, 6.07) is 9.85. The molecular formula is C16H27N3O. The number of para-hydroxylation sites is 1. The van der Waals surface area contributed by atoms with Crippen LogP contribution < -0.4 is 15.4 Å². The van der Waals surface area contributed by atoms with Gasteiger partial charge in [-0.3, -0.25) is 4.99 Å². The van der Waals surface area contributed by atoms with Gasteiger partial charge in [0.1, 0.15) is 12.4 Å². The van der Waals surface area contributed by atoms with Crippen LogP contribution in [0.15, 0.2) is 35.3 Å². The molecule has 0 radical (unpaired) electrons. The Morgan fingerprint density at radius 2 is 1.95 bits per heavy atom. The topological polar surface area (TPSA) is 45.7 Å². The van der Waals surface area contributed by atoms with Gasteiger partial charge in [0.05, 0.1) is 6.54 Å². The second kappa shape index (κ2) is 10.1. The van der Waals surface area contributed by atoms with Crippen LogP contribution in [0.2, 0.25) is 0 Å².